The summed E-state index contributed by atoms with van der Waals surface area (Å²) >= 11 is 1.62. The van der Waals surface area contributed by atoms with Gasteiger partial charge >= 0.3 is 0 Å². The maximum atomic E-state index is 5.39. The SMILES string of the molecule is C=CCC(CC=C)N(/C=C/C=C/c1nc2cc(OC)c(OC)cc2s1)c1ccccc1. The number of aromatic nitrogens is 1. The first-order valence-electron chi connectivity index (χ1n) is 10.1. The molecule has 0 N–H and O–H groups in total. The Balaban J connectivity index is 1.82. The van der Waals surface area contributed by atoms with Crippen LogP contribution in [0.1, 0.15) is 17.8 Å². The van der Waals surface area contributed by atoms with Crippen LogP contribution in [0.25, 0.3) is 16.3 Å². The minimum absolute atomic E-state index is 0.268. The summed E-state index contributed by atoms with van der Waals surface area (Å²) in [5, 5.41) is 0.926. The van der Waals surface area contributed by atoms with E-state index in [1.807, 2.05) is 48.6 Å². The van der Waals surface area contributed by atoms with Crippen LogP contribution in [0.3, 0.4) is 0 Å². The van der Waals surface area contributed by atoms with Crippen LogP contribution < -0.4 is 14.4 Å². The first-order valence-corrected chi connectivity index (χ1v) is 10.9. The maximum absolute atomic E-state index is 5.39. The summed E-state index contributed by atoms with van der Waals surface area (Å²) in [5.74, 6) is 1.40. The number of allylic oxidation sites excluding steroid dienone is 2. The Morgan fingerprint density at radius 1 is 1.00 bits per heavy atom. The molecule has 160 valence electrons. The van der Waals surface area contributed by atoms with Crippen molar-refractivity contribution in [3.05, 3.63) is 91.1 Å². The Kier molecular flexibility index (Phi) is 8.07. The second kappa shape index (κ2) is 11.2. The first kappa shape index (κ1) is 22.4. The number of para-hydroxylation sites is 1. The number of fused-ring (bicyclic) bond motifs is 1. The molecule has 0 saturated carbocycles. The smallest absolute Gasteiger partial charge is 0.162 e. The lowest BCUT2D eigenvalue weighted by molar-refractivity contribution is 0.356. The molecule has 3 aromatic rings. The number of benzene rings is 2. The average molecular weight is 433 g/mol. The second-order valence-electron chi connectivity index (χ2n) is 6.87. The molecule has 0 aliphatic heterocycles. The van der Waals surface area contributed by atoms with Gasteiger partial charge in [0.05, 0.1) is 24.4 Å². The Bertz CT molecular complexity index is 1020. The number of methoxy groups -OCH3 is 2. The zero-order chi connectivity index (χ0) is 22.1. The molecule has 5 heteroatoms. The third kappa shape index (κ3) is 5.64. The van der Waals surface area contributed by atoms with Gasteiger partial charge in [0.15, 0.2) is 11.5 Å². The summed E-state index contributed by atoms with van der Waals surface area (Å²) in [6, 6.07) is 14.5. The van der Waals surface area contributed by atoms with Crippen LogP contribution in [0.4, 0.5) is 5.69 Å². The molecule has 0 aliphatic carbocycles. The highest BCUT2D eigenvalue weighted by Crippen LogP contribution is 2.35. The fraction of sp³-hybridized carbons (Fsp3) is 0.192. The van der Waals surface area contributed by atoms with Crippen LogP contribution in [-0.2, 0) is 0 Å². The number of rotatable bonds is 11. The van der Waals surface area contributed by atoms with Crippen molar-refractivity contribution in [1.29, 1.82) is 0 Å². The summed E-state index contributed by atoms with van der Waals surface area (Å²) in [6.45, 7) is 7.83. The summed E-state index contributed by atoms with van der Waals surface area (Å²) in [5.41, 5.74) is 2.04. The number of ether oxygens (including phenoxy) is 2. The first-order chi connectivity index (χ1) is 15.2. The van der Waals surface area contributed by atoms with Gasteiger partial charge in [-0.05, 0) is 37.1 Å². The van der Waals surface area contributed by atoms with Crippen molar-refractivity contribution < 1.29 is 9.47 Å². The molecule has 31 heavy (non-hydrogen) atoms. The van der Waals surface area contributed by atoms with E-state index < -0.39 is 0 Å². The van der Waals surface area contributed by atoms with E-state index >= 15 is 0 Å². The third-order valence-electron chi connectivity index (χ3n) is 4.83. The van der Waals surface area contributed by atoms with Crippen LogP contribution in [0, 0.1) is 0 Å². The van der Waals surface area contributed by atoms with Gasteiger partial charge in [-0.15, -0.1) is 24.5 Å². The van der Waals surface area contributed by atoms with Crippen molar-refractivity contribution in [2.45, 2.75) is 18.9 Å². The maximum Gasteiger partial charge on any atom is 0.162 e. The van der Waals surface area contributed by atoms with E-state index in [4.69, 9.17) is 9.47 Å². The molecule has 3 rings (SSSR count). The molecule has 0 aliphatic rings. The van der Waals surface area contributed by atoms with Crippen molar-refractivity contribution in [3.8, 4) is 11.5 Å². The van der Waals surface area contributed by atoms with Crippen molar-refractivity contribution in [1.82, 2.24) is 4.98 Å². The van der Waals surface area contributed by atoms with Gasteiger partial charge in [0.2, 0.25) is 0 Å². The molecule has 4 nitrogen and oxygen atoms in total. The zero-order valence-corrected chi connectivity index (χ0v) is 18.8. The normalized spacial score (nSPS) is 11.5. The van der Waals surface area contributed by atoms with E-state index in [9.17, 15) is 0 Å². The van der Waals surface area contributed by atoms with Crippen molar-refractivity contribution in [3.63, 3.8) is 0 Å². The molecule has 0 spiro atoms. The van der Waals surface area contributed by atoms with Crippen LogP contribution in [-0.4, -0.2) is 25.2 Å². The Morgan fingerprint density at radius 3 is 2.32 bits per heavy atom. The molecule has 0 unspecified atom stereocenters. The Morgan fingerprint density at radius 2 is 1.68 bits per heavy atom. The van der Waals surface area contributed by atoms with E-state index in [0.717, 1.165) is 33.8 Å². The fourth-order valence-electron chi connectivity index (χ4n) is 3.35. The van der Waals surface area contributed by atoms with Crippen LogP contribution in [0.2, 0.25) is 0 Å². The predicted octanol–water partition coefficient (Wildman–Crippen LogP) is 6.87. The van der Waals surface area contributed by atoms with E-state index in [2.05, 4.69) is 53.5 Å². The molecule has 2 aromatic carbocycles. The molecule has 1 heterocycles. The molecule has 0 amide bonds. The minimum atomic E-state index is 0.268. The quantitative estimate of drug-likeness (QED) is 0.245. The Labute approximate surface area is 188 Å². The van der Waals surface area contributed by atoms with Gasteiger partial charge in [-0.2, -0.15) is 0 Å². The lowest BCUT2D eigenvalue weighted by atomic mass is 10.1. The summed E-state index contributed by atoms with van der Waals surface area (Å²) in [6.07, 6.45) is 13.8. The third-order valence-corrected chi connectivity index (χ3v) is 5.82. The van der Waals surface area contributed by atoms with Crippen LogP contribution in [0.5, 0.6) is 11.5 Å². The predicted molar refractivity (Wildman–Crippen MR) is 133 cm³/mol. The summed E-state index contributed by atoms with van der Waals surface area (Å²) in [4.78, 5) is 6.95. The number of hydrogen-bond acceptors (Lipinski definition) is 5. The monoisotopic (exact) mass is 432 g/mol. The topological polar surface area (TPSA) is 34.6 Å². The van der Waals surface area contributed by atoms with Crippen molar-refractivity contribution in [2.24, 2.45) is 0 Å². The Hall–Kier alpha value is -3.31. The van der Waals surface area contributed by atoms with Gasteiger partial charge in [0, 0.05) is 30.1 Å². The largest absolute Gasteiger partial charge is 0.493 e. The van der Waals surface area contributed by atoms with Crippen LogP contribution in [0.15, 0.2) is 86.1 Å². The van der Waals surface area contributed by atoms with E-state index in [-0.39, 0.29) is 6.04 Å². The molecule has 0 saturated heterocycles. The zero-order valence-electron chi connectivity index (χ0n) is 18.0. The standard InChI is InChI=1S/C26H28N2O2S/c1-5-12-20(13-6-2)28(21-14-8-7-9-15-21)17-11-10-16-26-27-22-18-23(29-3)24(30-4)19-25(22)31-26/h5-11,14-20H,1-2,12-13H2,3-4H3/b16-10+,17-11+. The van der Waals surface area contributed by atoms with Gasteiger partial charge in [-0.1, -0.05) is 36.4 Å². The lowest BCUT2D eigenvalue weighted by Crippen LogP contribution is -2.29. The van der Waals surface area contributed by atoms with Crippen molar-refractivity contribution >= 4 is 33.3 Å². The fourth-order valence-corrected chi connectivity index (χ4v) is 4.24. The summed E-state index contributed by atoms with van der Waals surface area (Å²) < 4.78 is 11.8. The number of hydrogen-bond donors (Lipinski definition) is 0. The van der Waals surface area contributed by atoms with Gasteiger partial charge in [0.25, 0.3) is 0 Å². The van der Waals surface area contributed by atoms with E-state index in [1.165, 1.54) is 0 Å². The van der Waals surface area contributed by atoms with E-state index in [1.54, 1.807) is 25.6 Å². The van der Waals surface area contributed by atoms with Gasteiger partial charge in [0.1, 0.15) is 5.01 Å². The van der Waals surface area contributed by atoms with Gasteiger partial charge < -0.3 is 14.4 Å². The summed E-state index contributed by atoms with van der Waals surface area (Å²) in [7, 11) is 3.27. The van der Waals surface area contributed by atoms with Crippen LogP contribution >= 0.6 is 11.3 Å². The van der Waals surface area contributed by atoms with Crippen molar-refractivity contribution in [2.75, 3.05) is 19.1 Å². The molecular formula is C26H28N2O2S. The second-order valence-corrected chi connectivity index (χ2v) is 7.94. The highest BCUT2D eigenvalue weighted by Gasteiger charge is 2.14. The number of thiazole rings is 1. The highest BCUT2D eigenvalue weighted by atomic mass is 32.1. The van der Waals surface area contributed by atoms with Gasteiger partial charge in [-0.3, -0.25) is 0 Å². The minimum Gasteiger partial charge on any atom is -0.493 e. The van der Waals surface area contributed by atoms with Gasteiger partial charge in [-0.25, -0.2) is 4.98 Å². The highest BCUT2D eigenvalue weighted by molar-refractivity contribution is 7.19. The lowest BCUT2D eigenvalue weighted by Gasteiger charge is -2.29. The molecule has 0 atom stereocenters. The molecular weight excluding hydrogens is 404 g/mol. The molecule has 0 bridgehead atoms. The van der Waals surface area contributed by atoms with E-state index in [0.29, 0.717) is 11.5 Å². The molecule has 0 radical (unpaired) electrons. The number of nitrogens with zero attached hydrogens (tertiary/aromatic N) is 2. The molecule has 0 fully saturated rings. The number of anilines is 1. The average Bonchev–Trinajstić information content (AvgIpc) is 3.20. The molecule has 1 aromatic heterocycles.